The SMILES string of the molecule is CC(CNc1ccccc1)N(C)Cc1ccco1. The topological polar surface area (TPSA) is 28.4 Å². The second-order valence-corrected chi connectivity index (χ2v) is 4.59. The minimum atomic E-state index is 0.440. The van der Waals surface area contributed by atoms with Crippen molar-refractivity contribution in [1.29, 1.82) is 0 Å². The molecule has 0 bridgehead atoms. The normalized spacial score (nSPS) is 12.6. The Kier molecular flexibility index (Phi) is 4.42. The third kappa shape index (κ3) is 3.64. The molecule has 2 rings (SSSR count). The highest BCUT2D eigenvalue weighted by atomic mass is 16.3. The first-order valence-corrected chi connectivity index (χ1v) is 6.27. The van der Waals surface area contributed by atoms with Gasteiger partial charge in [-0.05, 0) is 38.2 Å². The molecule has 1 aromatic heterocycles. The minimum absolute atomic E-state index is 0.440. The lowest BCUT2D eigenvalue weighted by molar-refractivity contribution is 0.238. The van der Waals surface area contributed by atoms with Crippen LogP contribution >= 0.6 is 0 Å². The van der Waals surface area contributed by atoms with Gasteiger partial charge in [0, 0.05) is 18.3 Å². The molecule has 0 radical (unpaired) electrons. The molecule has 0 saturated heterocycles. The number of nitrogens with zero attached hydrogens (tertiary/aromatic N) is 1. The summed E-state index contributed by atoms with van der Waals surface area (Å²) < 4.78 is 5.36. The highest BCUT2D eigenvalue weighted by Crippen LogP contribution is 2.09. The molecular weight excluding hydrogens is 224 g/mol. The van der Waals surface area contributed by atoms with Crippen molar-refractivity contribution in [2.75, 3.05) is 18.9 Å². The van der Waals surface area contributed by atoms with Crippen LogP contribution in [0.5, 0.6) is 0 Å². The summed E-state index contributed by atoms with van der Waals surface area (Å²) in [5, 5.41) is 3.43. The maximum Gasteiger partial charge on any atom is 0.117 e. The molecule has 1 unspecified atom stereocenters. The Hall–Kier alpha value is -1.74. The van der Waals surface area contributed by atoms with E-state index in [1.807, 2.05) is 30.3 Å². The first kappa shape index (κ1) is 12.7. The number of hydrogen-bond donors (Lipinski definition) is 1. The van der Waals surface area contributed by atoms with Crippen LogP contribution in [-0.4, -0.2) is 24.5 Å². The Labute approximate surface area is 108 Å². The summed E-state index contributed by atoms with van der Waals surface area (Å²) >= 11 is 0. The van der Waals surface area contributed by atoms with E-state index in [1.54, 1.807) is 6.26 Å². The Morgan fingerprint density at radius 1 is 1.17 bits per heavy atom. The Morgan fingerprint density at radius 3 is 2.61 bits per heavy atom. The van der Waals surface area contributed by atoms with Crippen molar-refractivity contribution in [1.82, 2.24) is 4.90 Å². The molecule has 0 aliphatic rings. The van der Waals surface area contributed by atoms with Crippen molar-refractivity contribution in [3.05, 3.63) is 54.5 Å². The van der Waals surface area contributed by atoms with Crippen molar-refractivity contribution >= 4 is 5.69 Å². The van der Waals surface area contributed by atoms with Crippen LogP contribution < -0.4 is 5.32 Å². The molecule has 1 aromatic carbocycles. The summed E-state index contributed by atoms with van der Waals surface area (Å²) in [7, 11) is 2.11. The minimum Gasteiger partial charge on any atom is -0.468 e. The van der Waals surface area contributed by atoms with Crippen molar-refractivity contribution < 1.29 is 4.42 Å². The second-order valence-electron chi connectivity index (χ2n) is 4.59. The molecule has 3 nitrogen and oxygen atoms in total. The van der Waals surface area contributed by atoms with E-state index in [-0.39, 0.29) is 0 Å². The molecule has 96 valence electrons. The molecule has 0 spiro atoms. The van der Waals surface area contributed by atoms with Gasteiger partial charge < -0.3 is 9.73 Å². The van der Waals surface area contributed by atoms with Crippen LogP contribution in [0.2, 0.25) is 0 Å². The fraction of sp³-hybridized carbons (Fsp3) is 0.333. The van der Waals surface area contributed by atoms with Crippen LogP contribution in [-0.2, 0) is 6.54 Å². The van der Waals surface area contributed by atoms with Gasteiger partial charge in [0.1, 0.15) is 5.76 Å². The number of furan rings is 1. The number of rotatable bonds is 6. The Morgan fingerprint density at radius 2 is 1.94 bits per heavy atom. The summed E-state index contributed by atoms with van der Waals surface area (Å²) in [4.78, 5) is 2.27. The maximum absolute atomic E-state index is 5.36. The summed E-state index contributed by atoms with van der Waals surface area (Å²) in [6, 6.07) is 14.6. The third-order valence-electron chi connectivity index (χ3n) is 3.11. The van der Waals surface area contributed by atoms with Crippen LogP contribution in [0.4, 0.5) is 5.69 Å². The number of nitrogens with one attached hydrogen (secondary N) is 1. The zero-order valence-corrected chi connectivity index (χ0v) is 11.0. The first-order valence-electron chi connectivity index (χ1n) is 6.27. The zero-order chi connectivity index (χ0) is 12.8. The number of para-hydroxylation sites is 1. The van der Waals surface area contributed by atoms with Gasteiger partial charge in [-0.15, -0.1) is 0 Å². The monoisotopic (exact) mass is 244 g/mol. The van der Waals surface area contributed by atoms with Crippen molar-refractivity contribution in [2.24, 2.45) is 0 Å². The number of hydrogen-bond acceptors (Lipinski definition) is 3. The molecule has 0 saturated carbocycles. The van der Waals surface area contributed by atoms with Gasteiger partial charge >= 0.3 is 0 Å². The number of anilines is 1. The lowest BCUT2D eigenvalue weighted by atomic mass is 10.2. The van der Waals surface area contributed by atoms with Crippen LogP contribution in [0, 0.1) is 0 Å². The van der Waals surface area contributed by atoms with Crippen molar-refractivity contribution in [2.45, 2.75) is 19.5 Å². The molecule has 0 aliphatic heterocycles. The molecule has 2 aromatic rings. The Balaban J connectivity index is 1.79. The second kappa shape index (κ2) is 6.26. The summed E-state index contributed by atoms with van der Waals surface area (Å²) in [6.45, 7) is 3.96. The van der Waals surface area contributed by atoms with E-state index >= 15 is 0 Å². The van der Waals surface area contributed by atoms with Gasteiger partial charge in [-0.25, -0.2) is 0 Å². The molecule has 1 N–H and O–H groups in total. The molecule has 3 heteroatoms. The van der Waals surface area contributed by atoms with E-state index in [1.165, 1.54) is 0 Å². The summed E-state index contributed by atoms with van der Waals surface area (Å²) in [6.07, 6.45) is 1.72. The van der Waals surface area contributed by atoms with Crippen molar-refractivity contribution in [3.8, 4) is 0 Å². The lowest BCUT2D eigenvalue weighted by Gasteiger charge is -2.24. The van der Waals surface area contributed by atoms with E-state index in [4.69, 9.17) is 4.42 Å². The molecular formula is C15H20N2O. The van der Waals surface area contributed by atoms with E-state index < -0.39 is 0 Å². The van der Waals surface area contributed by atoms with Gasteiger partial charge in [-0.1, -0.05) is 18.2 Å². The van der Waals surface area contributed by atoms with Crippen LogP contribution in [0.25, 0.3) is 0 Å². The Bertz CT molecular complexity index is 439. The van der Waals surface area contributed by atoms with Gasteiger partial charge in [0.15, 0.2) is 0 Å². The van der Waals surface area contributed by atoms with E-state index in [0.29, 0.717) is 6.04 Å². The van der Waals surface area contributed by atoms with Gasteiger partial charge in [0.25, 0.3) is 0 Å². The molecule has 1 heterocycles. The fourth-order valence-corrected chi connectivity index (χ4v) is 1.78. The quantitative estimate of drug-likeness (QED) is 0.845. The van der Waals surface area contributed by atoms with E-state index in [9.17, 15) is 0 Å². The third-order valence-corrected chi connectivity index (χ3v) is 3.11. The predicted molar refractivity (Wildman–Crippen MR) is 74.6 cm³/mol. The van der Waals surface area contributed by atoms with Gasteiger partial charge in [-0.3, -0.25) is 4.90 Å². The van der Waals surface area contributed by atoms with E-state index in [0.717, 1.165) is 24.5 Å². The highest BCUT2D eigenvalue weighted by molar-refractivity contribution is 5.42. The largest absolute Gasteiger partial charge is 0.468 e. The van der Waals surface area contributed by atoms with Gasteiger partial charge in [-0.2, -0.15) is 0 Å². The van der Waals surface area contributed by atoms with Gasteiger partial charge in [0.05, 0.1) is 12.8 Å². The lowest BCUT2D eigenvalue weighted by Crippen LogP contribution is -2.34. The molecule has 0 aliphatic carbocycles. The van der Waals surface area contributed by atoms with Gasteiger partial charge in [0.2, 0.25) is 0 Å². The average Bonchev–Trinajstić information content (AvgIpc) is 2.90. The fourth-order valence-electron chi connectivity index (χ4n) is 1.78. The maximum atomic E-state index is 5.36. The molecule has 1 atom stereocenters. The first-order chi connectivity index (χ1) is 8.75. The average molecular weight is 244 g/mol. The molecule has 0 amide bonds. The predicted octanol–water partition coefficient (Wildman–Crippen LogP) is 3.21. The molecule has 0 fully saturated rings. The zero-order valence-electron chi connectivity index (χ0n) is 11.0. The van der Waals surface area contributed by atoms with Crippen LogP contribution in [0.1, 0.15) is 12.7 Å². The highest BCUT2D eigenvalue weighted by Gasteiger charge is 2.10. The molecule has 18 heavy (non-hydrogen) atoms. The smallest absolute Gasteiger partial charge is 0.117 e. The summed E-state index contributed by atoms with van der Waals surface area (Å²) in [5.41, 5.74) is 1.16. The van der Waals surface area contributed by atoms with E-state index in [2.05, 4.69) is 36.3 Å². The van der Waals surface area contributed by atoms with Crippen LogP contribution in [0.3, 0.4) is 0 Å². The number of likely N-dealkylation sites (N-methyl/N-ethyl adjacent to an activating group) is 1. The van der Waals surface area contributed by atoms with Crippen LogP contribution in [0.15, 0.2) is 53.1 Å². The van der Waals surface area contributed by atoms with Crippen molar-refractivity contribution in [3.63, 3.8) is 0 Å². The standard InChI is InChI=1S/C15H20N2O/c1-13(11-16-14-7-4-3-5-8-14)17(2)12-15-9-6-10-18-15/h3-10,13,16H,11-12H2,1-2H3. The summed E-state index contributed by atoms with van der Waals surface area (Å²) in [5.74, 6) is 1.00. The number of benzene rings is 1.